The average molecular weight is 372 g/mol. The number of nitrogens with one attached hydrogen (secondary N) is 1. The smallest absolute Gasteiger partial charge is 0.330 e. The number of nitrogen functional groups attached to an aromatic ring is 1. The van der Waals surface area contributed by atoms with Gasteiger partial charge in [0.15, 0.2) is 5.69 Å². The monoisotopic (exact) mass is 372 g/mol. The highest BCUT2D eigenvalue weighted by Gasteiger charge is 2.24. The Morgan fingerprint density at radius 3 is 2.52 bits per heavy atom. The number of carbonyl (C=O) groups is 1. The first-order valence-electron chi connectivity index (χ1n) is 9.41. The molecular weight excluding hydrogens is 344 g/mol. The summed E-state index contributed by atoms with van der Waals surface area (Å²) in [5, 5.41) is 0. The summed E-state index contributed by atoms with van der Waals surface area (Å²) in [5.41, 5.74) is 6.49. The number of benzene rings is 1. The normalized spacial score (nSPS) is 10.8. The van der Waals surface area contributed by atoms with Gasteiger partial charge in [0.2, 0.25) is 0 Å². The highest BCUT2D eigenvalue weighted by molar-refractivity contribution is 6.07. The molecule has 1 heterocycles. The first-order valence-corrected chi connectivity index (χ1v) is 9.41. The number of carbonyl (C=O) groups excluding carboxylic acids is 1. The van der Waals surface area contributed by atoms with Crippen molar-refractivity contribution in [2.75, 3.05) is 17.2 Å². The van der Waals surface area contributed by atoms with Crippen molar-refractivity contribution in [3.05, 3.63) is 56.2 Å². The van der Waals surface area contributed by atoms with Gasteiger partial charge in [0.25, 0.3) is 11.5 Å². The minimum Gasteiger partial charge on any atom is -0.383 e. The predicted molar refractivity (Wildman–Crippen MR) is 108 cm³/mol. The van der Waals surface area contributed by atoms with Crippen LogP contribution >= 0.6 is 0 Å². The highest BCUT2D eigenvalue weighted by atomic mass is 16.2. The molecule has 27 heavy (non-hydrogen) atoms. The number of aryl methyl sites for hydroxylation is 1. The third-order valence-electron chi connectivity index (χ3n) is 4.46. The van der Waals surface area contributed by atoms with Gasteiger partial charge in [-0.1, -0.05) is 44.4 Å². The van der Waals surface area contributed by atoms with Crippen LogP contribution in [0.5, 0.6) is 0 Å². The van der Waals surface area contributed by atoms with Crippen LogP contribution in [0.4, 0.5) is 11.5 Å². The number of hydrogen-bond acceptors (Lipinski definition) is 4. The number of amides is 1. The first kappa shape index (κ1) is 20.5. The Hall–Kier alpha value is -2.83. The maximum absolute atomic E-state index is 13.1. The molecular formula is C20H28N4O3. The van der Waals surface area contributed by atoms with Crippen molar-refractivity contribution >= 4 is 17.4 Å². The number of hydrogen-bond donors (Lipinski definition) is 2. The molecule has 2 rings (SSSR count). The topological polar surface area (TPSA) is 101 Å². The molecule has 0 aliphatic carbocycles. The van der Waals surface area contributed by atoms with E-state index in [9.17, 15) is 14.4 Å². The highest BCUT2D eigenvalue weighted by Crippen LogP contribution is 2.21. The third-order valence-corrected chi connectivity index (χ3v) is 4.46. The van der Waals surface area contributed by atoms with Gasteiger partial charge in [-0.25, -0.2) is 4.79 Å². The van der Waals surface area contributed by atoms with E-state index in [0.29, 0.717) is 25.1 Å². The maximum atomic E-state index is 13.1. The van der Waals surface area contributed by atoms with E-state index in [0.717, 1.165) is 24.8 Å². The largest absolute Gasteiger partial charge is 0.383 e. The number of aromatic amines is 1. The molecule has 0 unspecified atom stereocenters. The summed E-state index contributed by atoms with van der Waals surface area (Å²) in [6.45, 7) is 6.65. The molecule has 0 spiro atoms. The van der Waals surface area contributed by atoms with Gasteiger partial charge in [-0.2, -0.15) is 0 Å². The fourth-order valence-corrected chi connectivity index (χ4v) is 2.94. The minimum absolute atomic E-state index is 0.0364. The van der Waals surface area contributed by atoms with Crippen LogP contribution in [0.25, 0.3) is 0 Å². The summed E-state index contributed by atoms with van der Waals surface area (Å²) in [6.07, 6.45) is 3.19. The maximum Gasteiger partial charge on any atom is 0.330 e. The van der Waals surface area contributed by atoms with Gasteiger partial charge in [0, 0.05) is 18.7 Å². The second-order valence-corrected chi connectivity index (χ2v) is 6.68. The Balaban J connectivity index is 2.58. The number of rotatable bonds is 8. The number of nitrogens with zero attached hydrogens (tertiary/aromatic N) is 2. The molecule has 2 aromatic rings. The molecule has 0 aliphatic heterocycles. The summed E-state index contributed by atoms with van der Waals surface area (Å²) in [7, 11) is 0. The van der Waals surface area contributed by atoms with Crippen LogP contribution in [0, 0.1) is 6.92 Å². The molecule has 0 radical (unpaired) electrons. The molecule has 0 aliphatic rings. The molecule has 7 nitrogen and oxygen atoms in total. The summed E-state index contributed by atoms with van der Waals surface area (Å²) in [4.78, 5) is 41.6. The fraction of sp³-hybridized carbons (Fsp3) is 0.450. The number of unbranched alkanes of at least 4 members (excludes halogenated alkanes) is 2. The van der Waals surface area contributed by atoms with Crippen LogP contribution in [0.2, 0.25) is 0 Å². The second-order valence-electron chi connectivity index (χ2n) is 6.68. The quantitative estimate of drug-likeness (QED) is 0.744. The van der Waals surface area contributed by atoms with Crippen LogP contribution < -0.4 is 21.9 Å². The summed E-state index contributed by atoms with van der Waals surface area (Å²) >= 11 is 0. The van der Waals surface area contributed by atoms with Gasteiger partial charge in [-0.05, 0) is 31.9 Å². The van der Waals surface area contributed by atoms with Crippen molar-refractivity contribution in [1.29, 1.82) is 0 Å². The Morgan fingerprint density at radius 2 is 1.89 bits per heavy atom. The molecule has 1 amide bonds. The van der Waals surface area contributed by atoms with Gasteiger partial charge in [0.1, 0.15) is 5.82 Å². The summed E-state index contributed by atoms with van der Waals surface area (Å²) in [6, 6.07) is 7.19. The number of anilines is 2. The molecule has 7 heteroatoms. The van der Waals surface area contributed by atoms with E-state index in [1.54, 1.807) is 18.2 Å². The first-order chi connectivity index (χ1) is 12.9. The minimum atomic E-state index is -0.637. The van der Waals surface area contributed by atoms with E-state index in [-0.39, 0.29) is 17.4 Å². The molecule has 0 saturated heterocycles. The average Bonchev–Trinajstić information content (AvgIpc) is 2.63. The van der Waals surface area contributed by atoms with Gasteiger partial charge in [0.05, 0.1) is 0 Å². The Bertz CT molecular complexity index is 914. The van der Waals surface area contributed by atoms with Crippen LogP contribution in [0.15, 0.2) is 33.9 Å². The number of nitrogens with two attached hydrogens (primary N) is 1. The molecule has 146 valence electrons. The van der Waals surface area contributed by atoms with E-state index < -0.39 is 11.2 Å². The summed E-state index contributed by atoms with van der Waals surface area (Å²) in [5.74, 6) is -0.264. The van der Waals surface area contributed by atoms with Crippen LogP contribution in [0.1, 0.15) is 55.5 Å². The van der Waals surface area contributed by atoms with Crippen molar-refractivity contribution in [1.82, 2.24) is 9.55 Å². The van der Waals surface area contributed by atoms with E-state index in [1.165, 1.54) is 9.47 Å². The zero-order valence-corrected chi connectivity index (χ0v) is 16.2. The lowest BCUT2D eigenvalue weighted by molar-refractivity contribution is 0.0986. The standard InChI is InChI=1S/C20H28N4O3/c1-4-6-11-23(19(26)15-10-8-9-14(3)13-15)16-17(21)24(12-7-5-2)20(27)22-18(16)25/h8-10,13H,4-7,11-12,21H2,1-3H3,(H,22,25,27). The molecule has 1 aromatic heterocycles. The molecule has 0 bridgehead atoms. The SMILES string of the molecule is CCCCN(C(=O)c1cccc(C)c1)c1c(N)n(CCCC)c(=O)[nH]c1=O. The fourth-order valence-electron chi connectivity index (χ4n) is 2.94. The van der Waals surface area contributed by atoms with Gasteiger partial charge < -0.3 is 10.6 Å². The van der Waals surface area contributed by atoms with Crippen molar-refractivity contribution < 1.29 is 4.79 Å². The zero-order valence-electron chi connectivity index (χ0n) is 16.2. The van der Waals surface area contributed by atoms with Crippen LogP contribution in [-0.4, -0.2) is 22.0 Å². The Kier molecular flexibility index (Phi) is 6.98. The zero-order chi connectivity index (χ0) is 20.0. The van der Waals surface area contributed by atoms with Gasteiger partial charge >= 0.3 is 5.69 Å². The third kappa shape index (κ3) is 4.67. The summed E-state index contributed by atoms with van der Waals surface area (Å²) < 4.78 is 1.34. The van der Waals surface area contributed by atoms with E-state index in [1.807, 2.05) is 26.8 Å². The number of aromatic nitrogens is 2. The van der Waals surface area contributed by atoms with Gasteiger partial charge in [-0.15, -0.1) is 0 Å². The van der Waals surface area contributed by atoms with Crippen molar-refractivity contribution in [2.24, 2.45) is 0 Å². The van der Waals surface area contributed by atoms with Crippen molar-refractivity contribution in [2.45, 2.75) is 53.0 Å². The van der Waals surface area contributed by atoms with E-state index >= 15 is 0 Å². The lowest BCUT2D eigenvalue weighted by Gasteiger charge is -2.24. The van der Waals surface area contributed by atoms with Gasteiger partial charge in [-0.3, -0.25) is 19.1 Å². The molecule has 0 atom stereocenters. The van der Waals surface area contributed by atoms with Crippen molar-refractivity contribution in [3.63, 3.8) is 0 Å². The van der Waals surface area contributed by atoms with E-state index in [2.05, 4.69) is 4.98 Å². The molecule has 1 aromatic carbocycles. The lowest BCUT2D eigenvalue weighted by atomic mass is 10.1. The Labute approximate surface area is 158 Å². The van der Waals surface area contributed by atoms with Crippen LogP contribution in [0.3, 0.4) is 0 Å². The lowest BCUT2D eigenvalue weighted by Crippen LogP contribution is -2.41. The Morgan fingerprint density at radius 1 is 1.19 bits per heavy atom. The van der Waals surface area contributed by atoms with Crippen molar-refractivity contribution in [3.8, 4) is 0 Å². The molecule has 0 saturated carbocycles. The predicted octanol–water partition coefficient (Wildman–Crippen LogP) is 2.67. The molecule has 0 fully saturated rings. The van der Waals surface area contributed by atoms with E-state index in [4.69, 9.17) is 5.73 Å². The van der Waals surface area contributed by atoms with Crippen LogP contribution in [-0.2, 0) is 6.54 Å². The molecule has 3 N–H and O–H groups in total. The number of H-pyrrole nitrogens is 1. The second kappa shape index (κ2) is 9.21.